The van der Waals surface area contributed by atoms with Crippen molar-refractivity contribution in [1.29, 1.82) is 0 Å². The van der Waals surface area contributed by atoms with Gasteiger partial charge in [0.25, 0.3) is 0 Å². The van der Waals surface area contributed by atoms with Crippen molar-refractivity contribution in [3.05, 3.63) is 42.0 Å². The van der Waals surface area contributed by atoms with Gasteiger partial charge < -0.3 is 19.7 Å². The van der Waals surface area contributed by atoms with E-state index in [1.54, 1.807) is 11.3 Å². The maximum atomic E-state index is 10.4. The quantitative estimate of drug-likeness (QED) is 0.293. The summed E-state index contributed by atoms with van der Waals surface area (Å²) in [5, 5.41) is 19.7. The highest BCUT2D eigenvalue weighted by atomic mass is 35.5. The molecule has 0 heterocycles. The van der Waals surface area contributed by atoms with Gasteiger partial charge in [0.15, 0.2) is 21.6 Å². The number of methoxy groups -OCH3 is 2. The normalized spacial score (nSPS) is 13.2. The molecule has 174 valence electrons. The van der Waals surface area contributed by atoms with Crippen LogP contribution in [0.3, 0.4) is 0 Å². The van der Waals surface area contributed by atoms with E-state index < -0.39 is 5.41 Å². The van der Waals surface area contributed by atoms with Gasteiger partial charge in [-0.15, -0.1) is 0 Å². The van der Waals surface area contributed by atoms with Crippen molar-refractivity contribution in [2.24, 2.45) is 5.41 Å². The van der Waals surface area contributed by atoms with Gasteiger partial charge in [0.1, 0.15) is 0 Å². The minimum absolute atomic E-state index is 0.0178. The first-order valence-electron chi connectivity index (χ1n) is 10.1. The highest BCUT2D eigenvalue weighted by Gasteiger charge is 2.38. The molecular weight excluding hydrogens is 466 g/mol. The maximum Gasteiger partial charge on any atom is 0.167 e. The smallest absolute Gasteiger partial charge is 0.167 e. The van der Waals surface area contributed by atoms with Gasteiger partial charge in [-0.1, -0.05) is 39.0 Å². The van der Waals surface area contributed by atoms with Gasteiger partial charge in [0, 0.05) is 35.9 Å². The molecule has 5 nitrogen and oxygen atoms in total. The number of anilines is 1. The Kier molecular flexibility index (Phi) is 8.37. The van der Waals surface area contributed by atoms with Crippen LogP contribution in [0.2, 0.25) is 0 Å². The van der Waals surface area contributed by atoms with E-state index in [-0.39, 0.29) is 21.9 Å². The molecule has 2 aromatic carbocycles. The standard InChI is InChI=1S/C24H30ClNO4S2/c1-23(2,3)14-26(25)18-10-8-7-9-16(18)15-11-17(21(30-6)19(12-15)29-5)24(4,22(28)32)13-20(27)31/h7-12H,13-14H2,1-6H3,(H,27,31)(H,28,32). The predicted molar refractivity (Wildman–Crippen MR) is 140 cm³/mol. The van der Waals surface area contributed by atoms with Crippen LogP contribution in [0.1, 0.15) is 39.7 Å². The Morgan fingerprint density at radius 1 is 1.03 bits per heavy atom. The zero-order valence-corrected chi connectivity index (χ0v) is 21.6. The van der Waals surface area contributed by atoms with Gasteiger partial charge in [-0.2, -0.15) is 0 Å². The van der Waals surface area contributed by atoms with Gasteiger partial charge in [-0.25, -0.2) is 0 Å². The molecule has 1 unspecified atom stereocenters. The third-order valence-electron chi connectivity index (χ3n) is 5.14. The van der Waals surface area contributed by atoms with Gasteiger partial charge in [0.2, 0.25) is 0 Å². The Hall–Kier alpha value is -2.09. The van der Waals surface area contributed by atoms with Gasteiger partial charge >= 0.3 is 0 Å². The molecule has 8 heteroatoms. The lowest BCUT2D eigenvalue weighted by Gasteiger charge is -2.31. The molecular formula is C24H30ClNO4S2. The highest BCUT2D eigenvalue weighted by molar-refractivity contribution is 7.80. The van der Waals surface area contributed by atoms with Crippen LogP contribution in [-0.4, -0.2) is 41.1 Å². The first-order chi connectivity index (χ1) is 14.8. The largest absolute Gasteiger partial charge is 0.502 e. The second-order valence-corrected chi connectivity index (χ2v) is 10.3. The fraction of sp³-hybridized carbons (Fsp3) is 0.417. The number of hydrogen-bond donors (Lipinski definition) is 2. The predicted octanol–water partition coefficient (Wildman–Crippen LogP) is 6.80. The van der Waals surface area contributed by atoms with Crippen molar-refractivity contribution in [3.63, 3.8) is 0 Å². The molecule has 0 amide bonds. The molecule has 0 saturated heterocycles. The van der Waals surface area contributed by atoms with Crippen LogP contribution in [0.15, 0.2) is 36.4 Å². The molecule has 0 aliphatic rings. The van der Waals surface area contributed by atoms with Crippen molar-refractivity contribution in [2.45, 2.75) is 39.5 Å². The van der Waals surface area contributed by atoms with Crippen molar-refractivity contribution < 1.29 is 19.7 Å². The number of aliphatic hydroxyl groups excluding tert-OH is 2. The van der Waals surface area contributed by atoms with Crippen LogP contribution in [0, 0.1) is 5.41 Å². The minimum atomic E-state index is -1.17. The topological polar surface area (TPSA) is 62.2 Å². The molecule has 0 saturated carbocycles. The lowest BCUT2D eigenvalue weighted by molar-refractivity contribution is 0.344. The maximum absolute atomic E-state index is 10.4. The van der Waals surface area contributed by atoms with Gasteiger partial charge in [-0.05, 0) is 60.5 Å². The summed E-state index contributed by atoms with van der Waals surface area (Å²) in [6, 6.07) is 11.5. The number of ether oxygens (including phenoxy) is 2. The second kappa shape index (κ2) is 10.2. The lowest BCUT2D eigenvalue weighted by atomic mass is 9.78. The van der Waals surface area contributed by atoms with E-state index in [0.29, 0.717) is 23.6 Å². The molecule has 0 fully saturated rings. The van der Waals surface area contributed by atoms with Crippen LogP contribution < -0.4 is 13.9 Å². The van der Waals surface area contributed by atoms with Crippen molar-refractivity contribution in [3.8, 4) is 22.6 Å². The zero-order chi connectivity index (χ0) is 24.3. The minimum Gasteiger partial charge on any atom is -0.502 e. The van der Waals surface area contributed by atoms with Gasteiger partial charge in [0.05, 0.1) is 25.3 Å². The van der Waals surface area contributed by atoms with Crippen molar-refractivity contribution in [2.75, 3.05) is 25.2 Å². The number of para-hydroxylation sites is 1. The fourth-order valence-electron chi connectivity index (χ4n) is 3.55. The Morgan fingerprint density at radius 3 is 2.16 bits per heavy atom. The molecule has 0 aliphatic heterocycles. The van der Waals surface area contributed by atoms with E-state index in [0.717, 1.165) is 16.8 Å². The molecule has 2 rings (SSSR count). The number of thiocarbonyl (C=S) groups is 2. The van der Waals surface area contributed by atoms with Crippen LogP contribution in [0.25, 0.3) is 11.1 Å². The number of hydrogen-bond acceptors (Lipinski definition) is 5. The molecule has 0 aromatic heterocycles. The van der Waals surface area contributed by atoms with Gasteiger partial charge in [-0.3, -0.25) is 4.42 Å². The monoisotopic (exact) mass is 495 g/mol. The number of nitrogens with zero attached hydrogens (tertiary/aromatic N) is 1. The number of benzene rings is 2. The van der Waals surface area contributed by atoms with Crippen LogP contribution in [0.4, 0.5) is 5.69 Å². The summed E-state index contributed by atoms with van der Waals surface area (Å²) in [4.78, 5) is 0. The average molecular weight is 496 g/mol. The van der Waals surface area contributed by atoms with Crippen LogP contribution in [0.5, 0.6) is 11.5 Å². The Morgan fingerprint density at radius 2 is 1.66 bits per heavy atom. The molecule has 2 N–H and O–H groups in total. The molecule has 0 spiro atoms. The number of halogens is 1. The number of aliphatic hydroxyl groups is 2. The van der Waals surface area contributed by atoms with Crippen LogP contribution in [-0.2, 0) is 5.41 Å². The second-order valence-electron chi connectivity index (χ2n) is 9.07. The first-order valence-corrected chi connectivity index (χ1v) is 11.2. The van der Waals surface area contributed by atoms with Crippen LogP contribution >= 0.6 is 36.2 Å². The third-order valence-corrected chi connectivity index (χ3v) is 6.04. The van der Waals surface area contributed by atoms with Crippen molar-refractivity contribution >= 4 is 52.0 Å². The molecule has 2 aromatic rings. The lowest BCUT2D eigenvalue weighted by Crippen LogP contribution is -2.34. The molecule has 32 heavy (non-hydrogen) atoms. The summed E-state index contributed by atoms with van der Waals surface area (Å²) in [5.41, 5.74) is 1.84. The molecule has 0 aliphatic carbocycles. The zero-order valence-electron chi connectivity index (χ0n) is 19.2. The Balaban J connectivity index is 2.80. The molecule has 1 atom stereocenters. The van der Waals surface area contributed by atoms with E-state index in [4.69, 9.17) is 45.7 Å². The van der Waals surface area contributed by atoms with E-state index in [1.807, 2.05) is 36.4 Å². The third kappa shape index (κ3) is 5.82. The number of rotatable bonds is 9. The summed E-state index contributed by atoms with van der Waals surface area (Å²) in [5.74, 6) is 0.861. The summed E-state index contributed by atoms with van der Waals surface area (Å²) in [6.07, 6.45) is -0.0477. The first kappa shape index (κ1) is 26.2. The summed E-state index contributed by atoms with van der Waals surface area (Å²) < 4.78 is 12.9. The summed E-state index contributed by atoms with van der Waals surface area (Å²) in [7, 11) is 3.05. The highest BCUT2D eigenvalue weighted by Crippen LogP contribution is 2.46. The SMILES string of the molecule is COc1cc(-c2ccccc2N(Cl)CC(C)(C)C)cc(C(C)(CC(O)=S)C(O)=S)c1OC. The van der Waals surface area contributed by atoms with E-state index in [9.17, 15) is 10.2 Å². The Labute approximate surface area is 206 Å². The Bertz CT molecular complexity index is 1010. The molecule has 0 radical (unpaired) electrons. The summed E-state index contributed by atoms with van der Waals surface area (Å²) in [6.45, 7) is 8.68. The van der Waals surface area contributed by atoms with E-state index >= 15 is 0 Å². The average Bonchev–Trinajstić information content (AvgIpc) is 2.70. The fourth-order valence-corrected chi connectivity index (χ4v) is 4.53. The summed E-state index contributed by atoms with van der Waals surface area (Å²) >= 11 is 16.8. The van der Waals surface area contributed by atoms with E-state index in [2.05, 4.69) is 20.8 Å². The van der Waals surface area contributed by atoms with E-state index in [1.165, 1.54) is 14.2 Å². The van der Waals surface area contributed by atoms with Crippen molar-refractivity contribution in [1.82, 2.24) is 0 Å². The molecule has 0 bridgehead atoms.